The third kappa shape index (κ3) is 3.50. The third-order valence-electron chi connectivity index (χ3n) is 3.64. The van der Waals surface area contributed by atoms with Gasteiger partial charge in [0.25, 0.3) is 0 Å². The molecule has 2 atom stereocenters. The molecule has 3 heteroatoms. The van der Waals surface area contributed by atoms with Gasteiger partial charge in [-0.1, -0.05) is 70.0 Å². The standard InChI is InChI=1S/C17H17Br2F/c1-3-11(2)12-4-6-13(7-5-12)17(19)15-10-14(20)8-9-16(15)18/h4-11,17H,3H2,1-2H3. The topological polar surface area (TPSA) is 0 Å². The van der Waals surface area contributed by atoms with E-state index in [1.165, 1.54) is 11.6 Å². The van der Waals surface area contributed by atoms with Gasteiger partial charge in [0, 0.05) is 4.47 Å². The fourth-order valence-electron chi connectivity index (χ4n) is 2.12. The summed E-state index contributed by atoms with van der Waals surface area (Å²) < 4.78 is 14.3. The van der Waals surface area contributed by atoms with Crippen molar-refractivity contribution in [2.75, 3.05) is 0 Å². The Hall–Kier alpha value is -0.670. The van der Waals surface area contributed by atoms with Crippen LogP contribution in [0.1, 0.15) is 47.7 Å². The predicted octanol–water partition coefficient (Wildman–Crippen LogP) is 6.59. The van der Waals surface area contributed by atoms with Crippen molar-refractivity contribution in [1.82, 2.24) is 0 Å². The fourth-order valence-corrected chi connectivity index (χ4v) is 3.58. The molecule has 0 fully saturated rings. The van der Waals surface area contributed by atoms with Crippen molar-refractivity contribution < 1.29 is 4.39 Å². The summed E-state index contributed by atoms with van der Waals surface area (Å²) in [6.07, 6.45) is 1.13. The van der Waals surface area contributed by atoms with Gasteiger partial charge in [-0.2, -0.15) is 0 Å². The lowest BCUT2D eigenvalue weighted by molar-refractivity contribution is 0.625. The van der Waals surface area contributed by atoms with Crippen molar-refractivity contribution in [1.29, 1.82) is 0 Å². The van der Waals surface area contributed by atoms with Crippen molar-refractivity contribution in [3.05, 3.63) is 69.4 Å². The lowest BCUT2D eigenvalue weighted by atomic mass is 9.96. The summed E-state index contributed by atoms with van der Waals surface area (Å²) in [5.41, 5.74) is 3.37. The van der Waals surface area contributed by atoms with Crippen molar-refractivity contribution in [2.45, 2.75) is 31.0 Å². The number of rotatable bonds is 4. The van der Waals surface area contributed by atoms with E-state index in [-0.39, 0.29) is 10.6 Å². The Morgan fingerprint density at radius 2 is 1.65 bits per heavy atom. The molecule has 0 nitrogen and oxygen atoms in total. The molecule has 0 aliphatic heterocycles. The second-order valence-corrected chi connectivity index (χ2v) is 6.77. The van der Waals surface area contributed by atoms with Crippen LogP contribution < -0.4 is 0 Å². The number of halogens is 3. The molecule has 0 bridgehead atoms. The van der Waals surface area contributed by atoms with E-state index >= 15 is 0 Å². The molecule has 2 aromatic rings. The number of benzene rings is 2. The molecule has 0 saturated heterocycles. The van der Waals surface area contributed by atoms with Gasteiger partial charge in [-0.25, -0.2) is 4.39 Å². The average molecular weight is 400 g/mol. The minimum absolute atomic E-state index is 0.0152. The van der Waals surface area contributed by atoms with Crippen LogP contribution in [0.5, 0.6) is 0 Å². The predicted molar refractivity (Wildman–Crippen MR) is 90.0 cm³/mol. The van der Waals surface area contributed by atoms with E-state index < -0.39 is 0 Å². The first-order valence-corrected chi connectivity index (χ1v) is 8.42. The minimum atomic E-state index is -0.219. The van der Waals surface area contributed by atoms with E-state index in [1.807, 2.05) is 0 Å². The van der Waals surface area contributed by atoms with E-state index in [9.17, 15) is 4.39 Å². The van der Waals surface area contributed by atoms with Crippen LogP contribution in [0.4, 0.5) is 4.39 Å². The van der Waals surface area contributed by atoms with Crippen molar-refractivity contribution in [3.63, 3.8) is 0 Å². The fraction of sp³-hybridized carbons (Fsp3) is 0.294. The molecule has 0 radical (unpaired) electrons. The molecular formula is C17H17Br2F. The lowest BCUT2D eigenvalue weighted by Gasteiger charge is -2.15. The number of alkyl halides is 1. The van der Waals surface area contributed by atoms with Crippen LogP contribution in [0.3, 0.4) is 0 Å². The van der Waals surface area contributed by atoms with Gasteiger partial charge in [-0.15, -0.1) is 0 Å². The van der Waals surface area contributed by atoms with Gasteiger partial charge in [-0.05, 0) is 47.2 Å². The van der Waals surface area contributed by atoms with Crippen LogP contribution in [0.2, 0.25) is 0 Å². The quantitative estimate of drug-likeness (QED) is 0.509. The first kappa shape index (κ1) is 15.7. The molecule has 106 valence electrons. The summed E-state index contributed by atoms with van der Waals surface area (Å²) in [5, 5.41) is 0. The van der Waals surface area contributed by atoms with E-state index in [0.29, 0.717) is 5.92 Å². The van der Waals surface area contributed by atoms with E-state index in [0.717, 1.165) is 22.0 Å². The largest absolute Gasteiger partial charge is 0.207 e. The molecule has 2 aromatic carbocycles. The second kappa shape index (κ2) is 6.86. The van der Waals surface area contributed by atoms with Gasteiger partial charge in [0.2, 0.25) is 0 Å². The molecule has 0 aromatic heterocycles. The Kier molecular flexibility index (Phi) is 5.39. The maximum absolute atomic E-state index is 13.4. The molecule has 2 unspecified atom stereocenters. The normalized spacial score (nSPS) is 14.1. The zero-order valence-corrected chi connectivity index (χ0v) is 14.7. The monoisotopic (exact) mass is 398 g/mol. The average Bonchev–Trinajstić information content (AvgIpc) is 2.48. The van der Waals surface area contributed by atoms with E-state index in [2.05, 4.69) is 70.0 Å². The zero-order valence-electron chi connectivity index (χ0n) is 11.5. The van der Waals surface area contributed by atoms with Gasteiger partial charge in [0.05, 0.1) is 4.83 Å². The van der Waals surface area contributed by atoms with Crippen molar-refractivity contribution in [3.8, 4) is 0 Å². The van der Waals surface area contributed by atoms with Gasteiger partial charge in [0.1, 0.15) is 5.82 Å². The Balaban J connectivity index is 2.29. The van der Waals surface area contributed by atoms with Crippen LogP contribution >= 0.6 is 31.9 Å². The highest BCUT2D eigenvalue weighted by molar-refractivity contribution is 9.11. The Labute approximate surface area is 136 Å². The van der Waals surface area contributed by atoms with Crippen molar-refractivity contribution in [2.24, 2.45) is 0 Å². The highest BCUT2D eigenvalue weighted by atomic mass is 79.9. The molecule has 20 heavy (non-hydrogen) atoms. The smallest absolute Gasteiger partial charge is 0.123 e. The van der Waals surface area contributed by atoms with Crippen LogP contribution in [0.25, 0.3) is 0 Å². The Bertz CT molecular complexity index is 578. The molecule has 0 aliphatic rings. The van der Waals surface area contributed by atoms with E-state index in [4.69, 9.17) is 0 Å². The molecule has 0 saturated carbocycles. The van der Waals surface area contributed by atoms with Gasteiger partial charge >= 0.3 is 0 Å². The van der Waals surface area contributed by atoms with Gasteiger partial charge in [-0.3, -0.25) is 0 Å². The highest BCUT2D eigenvalue weighted by Gasteiger charge is 2.15. The molecule has 0 spiro atoms. The molecule has 0 heterocycles. The van der Waals surface area contributed by atoms with E-state index in [1.54, 1.807) is 12.1 Å². The van der Waals surface area contributed by atoms with Crippen LogP contribution in [-0.2, 0) is 0 Å². The summed E-state index contributed by atoms with van der Waals surface area (Å²) in [6.45, 7) is 4.42. The summed E-state index contributed by atoms with van der Waals surface area (Å²) in [4.78, 5) is -0.0152. The minimum Gasteiger partial charge on any atom is -0.207 e. The molecule has 2 rings (SSSR count). The molecule has 0 N–H and O–H groups in total. The zero-order chi connectivity index (χ0) is 14.7. The third-order valence-corrected chi connectivity index (χ3v) is 5.39. The van der Waals surface area contributed by atoms with Crippen molar-refractivity contribution >= 4 is 31.9 Å². The first-order valence-electron chi connectivity index (χ1n) is 6.71. The summed E-state index contributed by atoms with van der Waals surface area (Å²) in [6, 6.07) is 13.3. The maximum Gasteiger partial charge on any atom is 0.123 e. The Morgan fingerprint density at radius 1 is 1.05 bits per heavy atom. The van der Waals surface area contributed by atoms with Crippen LogP contribution in [0, 0.1) is 5.82 Å². The summed E-state index contributed by atoms with van der Waals surface area (Å²) in [7, 11) is 0. The molecular weight excluding hydrogens is 383 g/mol. The lowest BCUT2D eigenvalue weighted by Crippen LogP contribution is -1.97. The second-order valence-electron chi connectivity index (χ2n) is 5.00. The van der Waals surface area contributed by atoms with Crippen LogP contribution in [0.15, 0.2) is 46.9 Å². The first-order chi connectivity index (χ1) is 9.52. The molecule has 0 amide bonds. The van der Waals surface area contributed by atoms with Gasteiger partial charge < -0.3 is 0 Å². The van der Waals surface area contributed by atoms with Gasteiger partial charge in [0.15, 0.2) is 0 Å². The highest BCUT2D eigenvalue weighted by Crippen LogP contribution is 2.36. The van der Waals surface area contributed by atoms with Crippen LogP contribution in [-0.4, -0.2) is 0 Å². The number of hydrogen-bond acceptors (Lipinski definition) is 0. The summed E-state index contributed by atoms with van der Waals surface area (Å²) >= 11 is 7.14. The SMILES string of the molecule is CCC(C)c1ccc(C(Br)c2cc(F)ccc2Br)cc1. The Morgan fingerprint density at radius 3 is 2.25 bits per heavy atom. The number of hydrogen-bond donors (Lipinski definition) is 0. The molecule has 0 aliphatic carbocycles. The maximum atomic E-state index is 13.4. The summed E-state index contributed by atoms with van der Waals surface area (Å²) in [5.74, 6) is 0.350.